The molecule has 2 aliphatic rings. The van der Waals surface area contributed by atoms with E-state index in [9.17, 15) is 30.0 Å². The molecule has 0 aromatic heterocycles. The highest BCUT2D eigenvalue weighted by atomic mass is 16.7. The number of fused-ring (bicyclic) bond motifs is 2. The van der Waals surface area contributed by atoms with Crippen molar-refractivity contribution in [2.24, 2.45) is 0 Å². The molecule has 2 aromatic rings. The summed E-state index contributed by atoms with van der Waals surface area (Å²) in [6.45, 7) is -0.279. The molecule has 1 aliphatic carbocycles. The molecule has 0 unspecified atom stereocenters. The van der Waals surface area contributed by atoms with Crippen LogP contribution in [-0.4, -0.2) is 63.2 Å². The Balaban J connectivity index is 1.77. The van der Waals surface area contributed by atoms with Crippen LogP contribution in [0.3, 0.4) is 0 Å². The minimum absolute atomic E-state index is 0.0803. The number of rotatable bonds is 2. The summed E-state index contributed by atoms with van der Waals surface area (Å²) in [6.07, 6.45) is -5.70. The number of hydrogen-bond donors (Lipinski definition) is 4. The molecular weight excluding hydrogens is 356 g/mol. The highest BCUT2D eigenvalue weighted by Crippen LogP contribution is 2.38. The number of carbonyl (C=O) groups excluding carboxylic acids is 2. The summed E-state index contributed by atoms with van der Waals surface area (Å²) in [4.78, 5) is 25.7. The Bertz CT molecular complexity index is 937. The molecule has 4 rings (SSSR count). The molecule has 4 atom stereocenters. The number of aromatic hydroxyl groups is 1. The second-order valence-corrected chi connectivity index (χ2v) is 6.40. The molecule has 0 saturated carbocycles. The lowest BCUT2D eigenvalue weighted by molar-refractivity contribution is -0.242. The molecule has 1 fully saturated rings. The first-order valence-electron chi connectivity index (χ1n) is 8.27. The van der Waals surface area contributed by atoms with Crippen LogP contribution in [0, 0.1) is 0 Å². The van der Waals surface area contributed by atoms with Crippen LogP contribution in [0.1, 0.15) is 31.8 Å². The van der Waals surface area contributed by atoms with E-state index < -0.39 is 36.2 Å². The Hall–Kier alpha value is -2.78. The number of ether oxygens (including phenoxy) is 2. The van der Waals surface area contributed by atoms with Gasteiger partial charge >= 0.3 is 0 Å². The predicted octanol–water partition coefficient (Wildman–Crippen LogP) is -0.0146. The molecule has 4 N–H and O–H groups in total. The Morgan fingerprint density at radius 2 is 1.52 bits per heavy atom. The molecule has 8 heteroatoms. The van der Waals surface area contributed by atoms with E-state index in [0.717, 1.165) is 0 Å². The molecule has 0 amide bonds. The molecule has 0 bridgehead atoms. The summed E-state index contributed by atoms with van der Waals surface area (Å²) in [5.41, 5.74) is 0.0122. The zero-order valence-corrected chi connectivity index (χ0v) is 13.9. The van der Waals surface area contributed by atoms with Gasteiger partial charge in [0.05, 0.1) is 17.7 Å². The summed E-state index contributed by atoms with van der Waals surface area (Å²) in [5, 5.41) is 39.5. The molecule has 2 aromatic carbocycles. The largest absolute Gasteiger partial charge is 0.507 e. The van der Waals surface area contributed by atoms with Gasteiger partial charge in [0, 0.05) is 11.1 Å². The number of hydrogen-bond acceptors (Lipinski definition) is 8. The van der Waals surface area contributed by atoms with Gasteiger partial charge in [-0.1, -0.05) is 24.3 Å². The van der Waals surface area contributed by atoms with Gasteiger partial charge in [0.2, 0.25) is 6.29 Å². The summed E-state index contributed by atoms with van der Waals surface area (Å²) < 4.78 is 10.7. The zero-order chi connectivity index (χ0) is 19.3. The standard InChI is InChI=1S/C19H16O8/c20-10-5-6-12(27-19-18(25)17(24)11(21)7-26-19)14-13(10)15(22)8-3-1-2-4-9(8)16(14)23/h1-6,11,17-21,24-25H,7H2/t11-,17+,18-,19+/m1/s1. The summed E-state index contributed by atoms with van der Waals surface area (Å²) in [6, 6.07) is 8.71. The molecule has 140 valence electrons. The van der Waals surface area contributed by atoms with E-state index in [1.54, 1.807) is 12.1 Å². The van der Waals surface area contributed by atoms with Gasteiger partial charge in [-0.3, -0.25) is 9.59 Å². The second-order valence-electron chi connectivity index (χ2n) is 6.40. The quantitative estimate of drug-likeness (QED) is 0.493. The van der Waals surface area contributed by atoms with E-state index in [1.807, 2.05) is 0 Å². The van der Waals surface area contributed by atoms with Crippen molar-refractivity contribution in [2.45, 2.75) is 24.6 Å². The average Bonchev–Trinajstić information content (AvgIpc) is 2.67. The third kappa shape index (κ3) is 2.70. The predicted molar refractivity (Wildman–Crippen MR) is 89.8 cm³/mol. The number of carbonyl (C=O) groups is 2. The Morgan fingerprint density at radius 1 is 0.889 bits per heavy atom. The maximum atomic E-state index is 12.9. The van der Waals surface area contributed by atoms with E-state index in [2.05, 4.69) is 0 Å². The third-order valence-electron chi connectivity index (χ3n) is 4.71. The van der Waals surface area contributed by atoms with Crippen molar-refractivity contribution in [3.63, 3.8) is 0 Å². The first-order chi connectivity index (χ1) is 12.9. The van der Waals surface area contributed by atoms with Gasteiger partial charge in [0.25, 0.3) is 0 Å². The summed E-state index contributed by atoms with van der Waals surface area (Å²) in [7, 11) is 0. The van der Waals surface area contributed by atoms with E-state index >= 15 is 0 Å². The van der Waals surface area contributed by atoms with Crippen molar-refractivity contribution >= 4 is 11.6 Å². The Kier molecular flexibility index (Phi) is 4.20. The van der Waals surface area contributed by atoms with Gasteiger partial charge in [0.1, 0.15) is 29.8 Å². The van der Waals surface area contributed by atoms with Gasteiger partial charge < -0.3 is 29.9 Å². The maximum absolute atomic E-state index is 12.9. The van der Waals surface area contributed by atoms with Crippen molar-refractivity contribution < 1.29 is 39.5 Å². The molecule has 8 nitrogen and oxygen atoms in total. The molecule has 27 heavy (non-hydrogen) atoms. The van der Waals surface area contributed by atoms with Crippen LogP contribution < -0.4 is 4.74 Å². The molecular formula is C19H16O8. The molecule has 1 heterocycles. The van der Waals surface area contributed by atoms with Crippen LogP contribution in [0.15, 0.2) is 36.4 Å². The van der Waals surface area contributed by atoms with Crippen molar-refractivity contribution in [2.75, 3.05) is 6.61 Å². The highest BCUT2D eigenvalue weighted by molar-refractivity contribution is 6.30. The Labute approximate surface area is 153 Å². The number of aliphatic hydroxyl groups excluding tert-OH is 3. The zero-order valence-electron chi connectivity index (χ0n) is 13.9. The third-order valence-corrected chi connectivity index (χ3v) is 4.71. The first kappa shape index (κ1) is 17.6. The second kappa shape index (κ2) is 6.43. The van der Waals surface area contributed by atoms with Crippen LogP contribution in [0.5, 0.6) is 11.5 Å². The van der Waals surface area contributed by atoms with Crippen LogP contribution in [0.4, 0.5) is 0 Å². The van der Waals surface area contributed by atoms with Gasteiger partial charge in [-0.25, -0.2) is 0 Å². The fourth-order valence-electron chi connectivity index (χ4n) is 3.28. The lowest BCUT2D eigenvalue weighted by Gasteiger charge is -2.35. The van der Waals surface area contributed by atoms with Crippen molar-refractivity contribution in [1.82, 2.24) is 0 Å². The van der Waals surface area contributed by atoms with E-state index in [-0.39, 0.29) is 40.4 Å². The lowest BCUT2D eigenvalue weighted by atomic mass is 9.83. The van der Waals surface area contributed by atoms with Gasteiger partial charge in [-0.2, -0.15) is 0 Å². The van der Waals surface area contributed by atoms with Crippen molar-refractivity contribution in [3.05, 3.63) is 58.7 Å². The number of phenolic OH excluding ortho intramolecular Hbond substituents is 1. The fourth-order valence-corrected chi connectivity index (χ4v) is 3.28. The fraction of sp³-hybridized carbons (Fsp3) is 0.263. The smallest absolute Gasteiger partial charge is 0.228 e. The monoisotopic (exact) mass is 372 g/mol. The topological polar surface area (TPSA) is 134 Å². The molecule has 1 saturated heterocycles. The lowest BCUT2D eigenvalue weighted by Crippen LogP contribution is -2.54. The maximum Gasteiger partial charge on any atom is 0.228 e. The molecule has 0 radical (unpaired) electrons. The highest BCUT2D eigenvalue weighted by Gasteiger charge is 2.41. The number of aliphatic hydroxyl groups is 3. The number of phenols is 1. The summed E-state index contributed by atoms with van der Waals surface area (Å²) in [5.74, 6) is -1.49. The minimum Gasteiger partial charge on any atom is -0.507 e. The molecule has 1 aliphatic heterocycles. The molecule has 0 spiro atoms. The normalized spacial score (nSPS) is 27.1. The minimum atomic E-state index is -1.57. The van der Waals surface area contributed by atoms with Crippen LogP contribution in [0.25, 0.3) is 0 Å². The average molecular weight is 372 g/mol. The SMILES string of the molecule is O=C1c2ccccc2C(=O)c2c(O[C@@H]3OC[C@@H](O)[C@H](O)[C@H]3O)ccc(O)c21. The van der Waals surface area contributed by atoms with Gasteiger partial charge in [-0.15, -0.1) is 0 Å². The van der Waals surface area contributed by atoms with Crippen LogP contribution >= 0.6 is 0 Å². The summed E-state index contributed by atoms with van der Waals surface area (Å²) >= 11 is 0. The van der Waals surface area contributed by atoms with Crippen LogP contribution in [0.2, 0.25) is 0 Å². The first-order valence-corrected chi connectivity index (χ1v) is 8.27. The number of ketones is 2. The van der Waals surface area contributed by atoms with E-state index in [0.29, 0.717) is 0 Å². The van der Waals surface area contributed by atoms with Gasteiger partial charge in [0.15, 0.2) is 11.6 Å². The van der Waals surface area contributed by atoms with Crippen molar-refractivity contribution in [3.8, 4) is 11.5 Å². The van der Waals surface area contributed by atoms with E-state index in [1.165, 1.54) is 24.3 Å². The van der Waals surface area contributed by atoms with E-state index in [4.69, 9.17) is 9.47 Å². The van der Waals surface area contributed by atoms with Crippen LogP contribution in [-0.2, 0) is 4.74 Å². The number of benzene rings is 2. The van der Waals surface area contributed by atoms with Crippen molar-refractivity contribution in [1.29, 1.82) is 0 Å². The van der Waals surface area contributed by atoms with Gasteiger partial charge in [-0.05, 0) is 12.1 Å². The Morgan fingerprint density at radius 3 is 2.19 bits per heavy atom.